The van der Waals surface area contributed by atoms with E-state index in [1.54, 1.807) is 40.8 Å². The van der Waals surface area contributed by atoms with Crippen molar-refractivity contribution < 1.29 is 19.5 Å². The molecule has 5 atom stereocenters. The molecule has 1 spiro atoms. The van der Waals surface area contributed by atoms with E-state index < -0.39 is 22.6 Å². The number of likely N-dealkylation sites (tertiary alicyclic amines) is 1. The largest absolute Gasteiger partial charge is 0.396 e. The number of hydrogen-bond acceptors (Lipinski definition) is 5. The molecule has 0 aromatic carbocycles. The molecule has 1 N–H and O–H groups in total. The monoisotopic (exact) mass is 491 g/mol. The van der Waals surface area contributed by atoms with Gasteiger partial charge in [-0.3, -0.25) is 14.4 Å². The van der Waals surface area contributed by atoms with E-state index in [-0.39, 0.29) is 29.1 Å². The zero-order chi connectivity index (χ0) is 25.1. The Morgan fingerprint density at radius 3 is 2.50 bits per heavy atom. The van der Waals surface area contributed by atoms with Gasteiger partial charge in [0.1, 0.15) is 6.04 Å². The van der Waals surface area contributed by atoms with Gasteiger partial charge < -0.3 is 19.8 Å². The summed E-state index contributed by atoms with van der Waals surface area (Å²) in [7, 11) is 1.75. The van der Waals surface area contributed by atoms with E-state index >= 15 is 0 Å². The molecular formula is C26H41N3O4S. The Morgan fingerprint density at radius 2 is 1.88 bits per heavy atom. The first-order valence-corrected chi connectivity index (χ1v) is 13.4. The molecule has 190 valence electrons. The lowest BCUT2D eigenvalue weighted by atomic mass is 9.66. The number of amides is 3. The van der Waals surface area contributed by atoms with Crippen LogP contribution in [0.15, 0.2) is 25.3 Å². The molecule has 3 aliphatic rings. The van der Waals surface area contributed by atoms with Gasteiger partial charge in [-0.25, -0.2) is 0 Å². The first kappa shape index (κ1) is 26.8. The molecule has 0 aliphatic carbocycles. The maximum absolute atomic E-state index is 14.1. The van der Waals surface area contributed by atoms with Crippen LogP contribution in [0.3, 0.4) is 0 Å². The fourth-order valence-electron chi connectivity index (χ4n) is 6.26. The highest BCUT2D eigenvalue weighted by Crippen LogP contribution is 2.71. The maximum atomic E-state index is 14.1. The minimum absolute atomic E-state index is 0.0454. The number of rotatable bonds is 13. The number of fused-ring (bicyclic) bond motifs is 1. The highest BCUT2D eigenvalue weighted by molar-refractivity contribution is 8.02. The number of carbonyl (C=O) groups is 3. The lowest BCUT2D eigenvalue weighted by Crippen LogP contribution is -2.55. The van der Waals surface area contributed by atoms with E-state index in [0.717, 1.165) is 32.1 Å². The van der Waals surface area contributed by atoms with Crippen molar-refractivity contribution in [3.05, 3.63) is 25.3 Å². The third kappa shape index (κ3) is 4.43. The molecule has 3 saturated heterocycles. The normalized spacial score (nSPS) is 31.5. The lowest BCUT2D eigenvalue weighted by Gasteiger charge is -2.37. The number of thioether (sulfide) groups is 1. The van der Waals surface area contributed by atoms with Gasteiger partial charge in [-0.2, -0.15) is 0 Å². The Bertz CT molecular complexity index is 820. The summed E-state index contributed by atoms with van der Waals surface area (Å²) < 4.78 is -0.988. The van der Waals surface area contributed by atoms with Crippen molar-refractivity contribution in [2.75, 3.05) is 39.8 Å². The van der Waals surface area contributed by atoms with E-state index in [0.29, 0.717) is 32.6 Å². The number of likely N-dealkylation sites (N-methyl/N-ethyl adjacent to an activating group) is 1. The number of aliphatic hydroxyl groups excluding tert-OH is 1. The molecular weight excluding hydrogens is 450 g/mol. The third-order valence-electron chi connectivity index (χ3n) is 7.81. The highest BCUT2D eigenvalue weighted by Gasteiger charge is 2.77. The average molecular weight is 492 g/mol. The van der Waals surface area contributed by atoms with E-state index in [9.17, 15) is 19.5 Å². The number of nitrogens with zero attached hydrogens (tertiary/aromatic N) is 3. The van der Waals surface area contributed by atoms with Gasteiger partial charge in [0.25, 0.3) is 0 Å². The van der Waals surface area contributed by atoms with Crippen LogP contribution in [0.5, 0.6) is 0 Å². The van der Waals surface area contributed by atoms with Gasteiger partial charge in [0, 0.05) is 44.6 Å². The van der Waals surface area contributed by atoms with Crippen molar-refractivity contribution in [2.45, 2.75) is 67.9 Å². The van der Waals surface area contributed by atoms with Gasteiger partial charge in [0.05, 0.1) is 16.6 Å². The fraction of sp³-hybridized carbons (Fsp3) is 0.731. The molecule has 0 aromatic heterocycles. The van der Waals surface area contributed by atoms with Gasteiger partial charge in [0.2, 0.25) is 17.7 Å². The van der Waals surface area contributed by atoms with Crippen molar-refractivity contribution >= 4 is 29.5 Å². The zero-order valence-corrected chi connectivity index (χ0v) is 21.8. The predicted molar refractivity (Wildman–Crippen MR) is 136 cm³/mol. The molecule has 3 rings (SSSR count). The van der Waals surface area contributed by atoms with Crippen molar-refractivity contribution in [1.29, 1.82) is 0 Å². The lowest BCUT2D eigenvalue weighted by molar-refractivity contribution is -0.145. The van der Waals surface area contributed by atoms with Crippen LogP contribution < -0.4 is 0 Å². The molecule has 3 fully saturated rings. The summed E-state index contributed by atoms with van der Waals surface area (Å²) in [4.78, 5) is 46.7. The number of hydrogen-bond donors (Lipinski definition) is 1. The molecule has 3 amide bonds. The number of carbonyl (C=O) groups excluding carboxylic acids is 3. The molecule has 2 bridgehead atoms. The van der Waals surface area contributed by atoms with Gasteiger partial charge in [-0.15, -0.1) is 24.9 Å². The van der Waals surface area contributed by atoms with Crippen LogP contribution >= 0.6 is 11.8 Å². The van der Waals surface area contributed by atoms with Crippen molar-refractivity contribution in [3.8, 4) is 0 Å². The van der Waals surface area contributed by atoms with E-state index in [1.807, 2.05) is 4.90 Å². The van der Waals surface area contributed by atoms with Gasteiger partial charge in [-0.05, 0) is 32.6 Å². The third-order valence-corrected chi connectivity index (χ3v) is 9.79. The molecule has 2 unspecified atom stereocenters. The number of aliphatic hydroxyl groups is 1. The van der Waals surface area contributed by atoms with Crippen LogP contribution in [0.4, 0.5) is 0 Å². The molecule has 0 saturated carbocycles. The summed E-state index contributed by atoms with van der Waals surface area (Å²) >= 11 is 1.69. The second-order valence-corrected chi connectivity index (χ2v) is 12.0. The highest BCUT2D eigenvalue weighted by atomic mass is 32.2. The van der Waals surface area contributed by atoms with Crippen LogP contribution in [-0.2, 0) is 14.4 Å². The summed E-state index contributed by atoms with van der Waals surface area (Å²) in [5.74, 6) is -1.19. The van der Waals surface area contributed by atoms with Crippen LogP contribution in [0.2, 0.25) is 0 Å². The fourth-order valence-corrected chi connectivity index (χ4v) is 8.60. The Hall–Kier alpha value is -1.80. The van der Waals surface area contributed by atoms with Gasteiger partial charge >= 0.3 is 0 Å². The van der Waals surface area contributed by atoms with Crippen molar-refractivity contribution in [2.24, 2.45) is 11.8 Å². The minimum atomic E-state index is -0.618. The second kappa shape index (κ2) is 10.9. The standard InChI is InChI=1S/C26H41N3O4S/c1-6-9-10-16-28(15-8-3)24(33)21-26-13-12-25(4,34-26)19(22(31)27(5)14-7-2)20(26)23(32)29(21)17-11-18-30/h7-8,19-21,30H,2-3,6,9-18H2,1,4-5H3/t19-,20+,21?,25+,26?/m1/s1. The van der Waals surface area contributed by atoms with E-state index in [4.69, 9.17) is 0 Å². The average Bonchev–Trinajstić information content (AvgIpc) is 3.37. The van der Waals surface area contributed by atoms with Crippen LogP contribution in [0.1, 0.15) is 52.4 Å². The van der Waals surface area contributed by atoms with Gasteiger partial charge in [-0.1, -0.05) is 31.9 Å². The predicted octanol–water partition coefficient (Wildman–Crippen LogP) is 2.70. The summed E-state index contributed by atoms with van der Waals surface area (Å²) in [5, 5.41) is 9.50. The zero-order valence-electron chi connectivity index (χ0n) is 21.0. The molecule has 34 heavy (non-hydrogen) atoms. The number of unbranched alkanes of at least 4 members (excludes halogenated alkanes) is 2. The summed E-state index contributed by atoms with van der Waals surface area (Å²) in [6.45, 7) is 13.6. The molecule has 0 aromatic rings. The molecule has 0 radical (unpaired) electrons. The van der Waals surface area contributed by atoms with Crippen LogP contribution in [0, 0.1) is 11.8 Å². The maximum Gasteiger partial charge on any atom is 0.247 e. The Kier molecular flexibility index (Phi) is 8.56. The van der Waals surface area contributed by atoms with Crippen LogP contribution in [-0.4, -0.2) is 92.9 Å². The molecule has 3 aliphatic heterocycles. The van der Waals surface area contributed by atoms with Crippen LogP contribution in [0.25, 0.3) is 0 Å². The van der Waals surface area contributed by atoms with Gasteiger partial charge in [0.15, 0.2) is 0 Å². The SMILES string of the molecule is C=CCN(C)C(=O)[C@H]1[C@H]2C(=O)N(CCCO)C(C(=O)N(CC=C)CCCCC)C23CC[C@]1(C)S3. The summed E-state index contributed by atoms with van der Waals surface area (Å²) in [6.07, 6.45) is 8.38. The summed E-state index contributed by atoms with van der Waals surface area (Å²) in [5.41, 5.74) is 0. The smallest absolute Gasteiger partial charge is 0.247 e. The Balaban J connectivity index is 2.01. The van der Waals surface area contributed by atoms with E-state index in [1.165, 1.54) is 0 Å². The van der Waals surface area contributed by atoms with Crippen molar-refractivity contribution in [3.63, 3.8) is 0 Å². The molecule has 3 heterocycles. The summed E-state index contributed by atoms with van der Waals surface area (Å²) in [6, 6.07) is -0.618. The minimum Gasteiger partial charge on any atom is -0.396 e. The topological polar surface area (TPSA) is 81.2 Å². The first-order chi connectivity index (χ1) is 16.2. The molecule has 8 heteroatoms. The first-order valence-electron chi connectivity index (χ1n) is 12.6. The second-order valence-electron chi connectivity index (χ2n) is 10.1. The Morgan fingerprint density at radius 1 is 1.18 bits per heavy atom. The van der Waals surface area contributed by atoms with E-state index in [2.05, 4.69) is 27.0 Å². The van der Waals surface area contributed by atoms with Crippen molar-refractivity contribution in [1.82, 2.24) is 14.7 Å². The molecule has 7 nitrogen and oxygen atoms in total. The quantitative estimate of drug-likeness (QED) is 0.317. The Labute approximate surface area is 208 Å².